The molecule has 0 amide bonds. The lowest BCUT2D eigenvalue weighted by atomic mass is 10.0. The fraction of sp³-hybridized carbons (Fsp3) is 0.378. The number of benzene rings is 8. The zero-order chi connectivity index (χ0) is 85.6. The Labute approximate surface area is 685 Å². The van der Waals surface area contributed by atoms with Gasteiger partial charge in [-0.2, -0.15) is 0 Å². The molecule has 8 aromatic rings. The molecule has 0 aliphatic carbocycles. The number of carboxylic acid groups (broad SMARTS) is 3. The Balaban J connectivity index is 0.000000278. The number of Topliss-reactive ketones (excluding diaryl/α,β-unsaturated/α-hetero) is 1. The number of ether oxygens (including phenoxy) is 12. The minimum Gasteiger partial charge on any atom is -0.497 e. The fourth-order valence-electron chi connectivity index (χ4n) is 11.2. The van der Waals surface area contributed by atoms with E-state index in [9.17, 15) is 38.4 Å². The zero-order valence-electron chi connectivity index (χ0n) is 69.1. The van der Waals surface area contributed by atoms with Crippen LogP contribution in [-0.2, 0) is 57.3 Å². The molecule has 0 fully saturated rings. The number of methoxy groups -OCH3 is 4. The molecule has 630 valence electrons. The van der Waals surface area contributed by atoms with Crippen LogP contribution in [-0.4, -0.2) is 244 Å². The van der Waals surface area contributed by atoms with Crippen molar-refractivity contribution in [1.82, 2.24) is 19.6 Å². The van der Waals surface area contributed by atoms with Crippen molar-refractivity contribution in [2.75, 3.05) is 137 Å². The maximum absolute atomic E-state index is 12.1. The first-order valence-electron chi connectivity index (χ1n) is 38.0. The molecular formula is C90H112N4O23. The molecule has 3 N–H and O–H groups in total. The van der Waals surface area contributed by atoms with E-state index < -0.39 is 60.2 Å². The van der Waals surface area contributed by atoms with Crippen LogP contribution in [0.5, 0.6) is 46.0 Å². The number of nitrogens with zero attached hydrogens (tertiary/aromatic N) is 4. The van der Waals surface area contributed by atoms with Crippen molar-refractivity contribution in [2.24, 2.45) is 0 Å². The van der Waals surface area contributed by atoms with Gasteiger partial charge in [-0.1, -0.05) is 103 Å². The normalized spacial score (nSPS) is 11.7. The predicted octanol–water partition coefficient (Wildman–Crippen LogP) is 13.2. The topological polar surface area (TPSA) is 321 Å². The van der Waals surface area contributed by atoms with Crippen LogP contribution in [0.15, 0.2) is 194 Å². The maximum atomic E-state index is 12.1. The lowest BCUT2D eigenvalue weighted by Crippen LogP contribution is -2.35. The summed E-state index contributed by atoms with van der Waals surface area (Å²) in [6, 6.07) is 61.7. The first kappa shape index (κ1) is 95.5. The highest BCUT2D eigenvalue weighted by atomic mass is 16.6. The summed E-state index contributed by atoms with van der Waals surface area (Å²) in [5, 5.41) is 26.1. The second-order valence-electron chi connectivity index (χ2n) is 28.0. The Hall–Kier alpha value is -12.0. The third-order valence-electron chi connectivity index (χ3n) is 16.8. The smallest absolute Gasteiger partial charge is 0.306 e. The Morgan fingerprint density at radius 3 is 0.897 bits per heavy atom. The van der Waals surface area contributed by atoms with Gasteiger partial charge >= 0.3 is 41.8 Å². The number of carbonyl (C=O) groups excluding carboxylic acids is 5. The molecule has 117 heavy (non-hydrogen) atoms. The van der Waals surface area contributed by atoms with Gasteiger partial charge < -0.3 is 96.6 Å². The van der Waals surface area contributed by atoms with Gasteiger partial charge in [0.1, 0.15) is 103 Å². The van der Waals surface area contributed by atoms with Crippen LogP contribution in [0.1, 0.15) is 64.7 Å². The quantitative estimate of drug-likeness (QED) is 0.0236. The van der Waals surface area contributed by atoms with Crippen LogP contribution in [0, 0.1) is 0 Å². The third kappa shape index (κ3) is 39.2. The maximum Gasteiger partial charge on any atom is 0.306 e. The van der Waals surface area contributed by atoms with Gasteiger partial charge in [0.15, 0.2) is 0 Å². The average molecular weight is 1620 g/mol. The lowest BCUT2D eigenvalue weighted by molar-refractivity contribution is -0.154. The number of hydrogen-bond donors (Lipinski definition) is 3. The second-order valence-corrected chi connectivity index (χ2v) is 28.0. The Bertz CT molecular complexity index is 4310. The fourth-order valence-corrected chi connectivity index (χ4v) is 11.2. The number of hydrogen-bond acceptors (Lipinski definition) is 24. The van der Waals surface area contributed by atoms with Crippen molar-refractivity contribution in [3.05, 3.63) is 194 Å². The van der Waals surface area contributed by atoms with Crippen LogP contribution in [0.3, 0.4) is 0 Å². The highest BCUT2D eigenvalue weighted by Crippen LogP contribution is 2.32. The van der Waals surface area contributed by atoms with Crippen molar-refractivity contribution in [2.45, 2.75) is 89.1 Å². The number of ketones is 1. The molecule has 0 spiro atoms. The van der Waals surface area contributed by atoms with Crippen LogP contribution < -0.4 is 37.9 Å². The molecule has 0 bridgehead atoms. The third-order valence-corrected chi connectivity index (χ3v) is 16.8. The molecule has 0 heterocycles. The van der Waals surface area contributed by atoms with Gasteiger partial charge in [-0.3, -0.25) is 33.6 Å². The number of likely N-dealkylation sites (N-methyl/N-ethyl adjacent to an activating group) is 4. The van der Waals surface area contributed by atoms with Gasteiger partial charge in [0.05, 0.1) is 67.0 Å². The second kappa shape index (κ2) is 52.4. The summed E-state index contributed by atoms with van der Waals surface area (Å²) in [5.41, 5.74) is 8.24. The highest BCUT2D eigenvalue weighted by molar-refractivity contribution is 5.79. The molecule has 0 aliphatic heterocycles. The van der Waals surface area contributed by atoms with Gasteiger partial charge in [-0.15, -0.1) is 0 Å². The Morgan fingerprint density at radius 1 is 0.291 bits per heavy atom. The summed E-state index contributed by atoms with van der Waals surface area (Å²) in [7, 11) is 21.6. The summed E-state index contributed by atoms with van der Waals surface area (Å²) >= 11 is 0. The van der Waals surface area contributed by atoms with Crippen molar-refractivity contribution >= 4 is 47.6 Å². The number of esters is 4. The van der Waals surface area contributed by atoms with Crippen molar-refractivity contribution in [3.8, 4) is 90.5 Å². The van der Waals surface area contributed by atoms with E-state index in [1.165, 1.54) is 6.92 Å². The van der Waals surface area contributed by atoms with Crippen molar-refractivity contribution in [1.29, 1.82) is 0 Å². The monoisotopic (exact) mass is 1620 g/mol. The molecule has 0 saturated heterocycles. The first-order chi connectivity index (χ1) is 56.0. The van der Waals surface area contributed by atoms with Gasteiger partial charge in [0.2, 0.25) is 0 Å². The molecule has 0 radical (unpaired) electrons. The van der Waals surface area contributed by atoms with E-state index in [0.29, 0.717) is 62.0 Å². The molecule has 0 saturated carbocycles. The number of aliphatic carboxylic acids is 3. The van der Waals surface area contributed by atoms with E-state index >= 15 is 0 Å². The summed E-state index contributed by atoms with van der Waals surface area (Å²) < 4.78 is 66.0. The molecule has 4 unspecified atom stereocenters. The summed E-state index contributed by atoms with van der Waals surface area (Å²) in [4.78, 5) is 98.0. The SMILES string of the molecule is COc1ccc(-c2ccc(OCC(CN(C)C)OC(=O)CCC(=O)O)cc2)cc1.COc1ccc(-c2cccc(OCC(CN(C)C)OC(=O)CCC(=O)O)c2)cc1.COc1cccc(-c2ccc(OCC(CN(C)C)OC(=O)CCC(=O)O)cc2)c1.COc1ccccc1-c1ccc(OCC(CN(C)C)OC(=O)CCCC(C)=O)cc1. The van der Waals surface area contributed by atoms with E-state index in [1.54, 1.807) is 28.4 Å². The minimum atomic E-state index is -1.03. The molecule has 0 aromatic heterocycles. The number of carbonyl (C=O) groups is 8. The molecule has 8 rings (SSSR count). The predicted molar refractivity (Wildman–Crippen MR) is 445 cm³/mol. The minimum absolute atomic E-state index is 0.0764. The van der Waals surface area contributed by atoms with Crippen molar-refractivity contribution < 1.29 is 111 Å². The zero-order valence-corrected chi connectivity index (χ0v) is 69.1. The van der Waals surface area contributed by atoms with Crippen LogP contribution >= 0.6 is 0 Å². The van der Waals surface area contributed by atoms with Gasteiger partial charge in [0, 0.05) is 44.6 Å². The van der Waals surface area contributed by atoms with Crippen LogP contribution in [0.2, 0.25) is 0 Å². The molecule has 0 aliphatic rings. The van der Waals surface area contributed by atoms with E-state index in [4.69, 9.17) is 72.2 Å². The van der Waals surface area contributed by atoms with Crippen LogP contribution in [0.4, 0.5) is 0 Å². The first-order valence-corrected chi connectivity index (χ1v) is 38.0. The van der Waals surface area contributed by atoms with E-state index in [1.807, 2.05) is 270 Å². The average Bonchev–Trinajstić information content (AvgIpc) is 0.557. The molecular weight excluding hydrogens is 1500 g/mol. The number of carboxylic acids is 3. The van der Waals surface area contributed by atoms with Gasteiger partial charge in [-0.25, -0.2) is 0 Å². The van der Waals surface area contributed by atoms with E-state index in [0.717, 1.165) is 67.5 Å². The summed E-state index contributed by atoms with van der Waals surface area (Å²) in [6.45, 7) is 4.27. The number of para-hydroxylation sites is 1. The largest absolute Gasteiger partial charge is 0.497 e. The van der Waals surface area contributed by atoms with Crippen LogP contribution in [0.25, 0.3) is 44.5 Å². The summed E-state index contributed by atoms with van der Waals surface area (Å²) in [6.07, 6.45) is -1.98. The molecule has 4 atom stereocenters. The number of rotatable bonds is 45. The summed E-state index contributed by atoms with van der Waals surface area (Å²) in [5.74, 6) is 0.914. The van der Waals surface area contributed by atoms with Gasteiger partial charge in [-0.05, 0) is 200 Å². The highest BCUT2D eigenvalue weighted by Gasteiger charge is 2.23. The molecule has 27 heteroatoms. The molecule has 27 nitrogen and oxygen atoms in total. The molecule has 8 aromatic carbocycles. The Kier molecular flexibility index (Phi) is 42.8. The van der Waals surface area contributed by atoms with Crippen molar-refractivity contribution in [3.63, 3.8) is 0 Å². The van der Waals surface area contributed by atoms with Gasteiger partial charge in [0.25, 0.3) is 0 Å². The van der Waals surface area contributed by atoms with E-state index in [-0.39, 0.29) is 83.1 Å². The lowest BCUT2D eigenvalue weighted by Gasteiger charge is -2.22. The Morgan fingerprint density at radius 2 is 0.581 bits per heavy atom. The van der Waals surface area contributed by atoms with E-state index in [2.05, 4.69) is 0 Å². The standard InChI is InChI=1S/C24H31NO5.3C22H27NO6/c1-18(26)8-7-11-24(27)30-21(16-25(2)3)17-29-20-14-12-19(13-15-20)22-9-5-6-10-23(22)28-4;1-23(2)14-20(29-22(26)13-12-21(24)25)15-28-19-10-6-17(7-11-19)16-4-8-18(27-3)9-5-16;1-23(2)14-20(29-22(26)12-11-21(24)25)15-28-18-9-7-16(8-10-18)17-5-4-6-19(13-17)27-3;1-23(2)14-20(29-22(26)12-11-21(24)25)15-28-19-6-4-5-17(13-19)16-7-9-18(27-3)10-8-16/h5-6,9-10,12-15,21H,7-8,11,16-17H2,1-4H3;4-11,20H,12-15H2,1-3H3,(H,24,25);2*4-10,13,20H,11-12,14-15H2,1-3H3,(H,24,25).